The van der Waals surface area contributed by atoms with E-state index in [0.29, 0.717) is 12.1 Å². The number of nitrogens with zero attached hydrogens (tertiary/aromatic N) is 1. The van der Waals surface area contributed by atoms with E-state index in [1.165, 1.54) is 49.4 Å². The van der Waals surface area contributed by atoms with E-state index in [4.69, 9.17) is 4.99 Å². The van der Waals surface area contributed by atoms with Crippen LogP contribution in [0.25, 0.3) is 0 Å². The highest BCUT2D eigenvalue weighted by atomic mass is 32.2. The maximum Gasteiger partial charge on any atom is 0.157 e. The van der Waals surface area contributed by atoms with Crippen molar-refractivity contribution in [1.82, 2.24) is 5.32 Å². The lowest BCUT2D eigenvalue weighted by Gasteiger charge is -2.33. The smallest absolute Gasteiger partial charge is 0.157 e. The molecule has 3 atom stereocenters. The Hall–Kier alpha value is -0.180. The lowest BCUT2D eigenvalue weighted by atomic mass is 9.86. The minimum absolute atomic E-state index is 0.568. The summed E-state index contributed by atoms with van der Waals surface area (Å²) in [4.78, 5) is 4.94. The summed E-state index contributed by atoms with van der Waals surface area (Å²) in [5.74, 6) is 2.95. The quantitative estimate of drug-likeness (QED) is 0.831. The van der Waals surface area contributed by atoms with Gasteiger partial charge in [0.05, 0.1) is 6.04 Å². The second kappa shape index (κ2) is 6.83. The maximum absolute atomic E-state index is 4.94. The first-order chi connectivity index (χ1) is 8.65. The molecule has 3 heteroatoms. The number of hydrogen-bond acceptors (Lipinski definition) is 3. The molecule has 1 heterocycles. The number of fused-ring (bicyclic) bond motifs is 1. The lowest BCUT2D eigenvalue weighted by Crippen LogP contribution is -2.38. The molecule has 2 nitrogen and oxygen atoms in total. The van der Waals surface area contributed by atoms with Crippen LogP contribution in [0, 0.1) is 11.8 Å². The molecule has 0 bridgehead atoms. The molecule has 2 aliphatic rings. The topological polar surface area (TPSA) is 24.4 Å². The average Bonchev–Trinajstić information content (AvgIpc) is 2.36. The zero-order valence-electron chi connectivity index (χ0n) is 12.1. The van der Waals surface area contributed by atoms with Crippen LogP contribution in [-0.2, 0) is 0 Å². The second-order valence-corrected chi connectivity index (χ2v) is 7.38. The molecule has 0 saturated heterocycles. The predicted octanol–water partition coefficient (Wildman–Crippen LogP) is 4.06. The molecule has 3 unspecified atom stereocenters. The highest BCUT2D eigenvalue weighted by Gasteiger charge is 2.29. The molecule has 0 aromatic heterocycles. The van der Waals surface area contributed by atoms with Crippen molar-refractivity contribution in [1.29, 1.82) is 0 Å². The van der Waals surface area contributed by atoms with Gasteiger partial charge in [-0.15, -0.1) is 0 Å². The third kappa shape index (κ3) is 4.18. The van der Waals surface area contributed by atoms with Crippen molar-refractivity contribution in [2.24, 2.45) is 16.8 Å². The summed E-state index contributed by atoms with van der Waals surface area (Å²) in [5, 5.41) is 4.84. The van der Waals surface area contributed by atoms with Crippen LogP contribution >= 0.6 is 11.8 Å². The average molecular weight is 268 g/mol. The van der Waals surface area contributed by atoms with E-state index >= 15 is 0 Å². The Morgan fingerprint density at radius 3 is 2.78 bits per heavy atom. The largest absolute Gasteiger partial charge is 0.362 e. The molecule has 1 saturated carbocycles. The normalized spacial score (nSPS) is 29.7. The molecule has 0 amide bonds. The molecular weight excluding hydrogens is 240 g/mol. The molecule has 18 heavy (non-hydrogen) atoms. The van der Waals surface area contributed by atoms with Gasteiger partial charge < -0.3 is 5.32 Å². The number of hydrogen-bond donors (Lipinski definition) is 1. The summed E-state index contributed by atoms with van der Waals surface area (Å²) in [7, 11) is 0. The Morgan fingerprint density at radius 1 is 1.22 bits per heavy atom. The van der Waals surface area contributed by atoms with Gasteiger partial charge in [-0.05, 0) is 44.4 Å². The summed E-state index contributed by atoms with van der Waals surface area (Å²) in [5.41, 5.74) is 0. The van der Waals surface area contributed by atoms with Crippen LogP contribution in [0.1, 0.15) is 59.3 Å². The summed E-state index contributed by atoms with van der Waals surface area (Å²) in [6, 6.07) is 1.19. The van der Waals surface area contributed by atoms with Gasteiger partial charge in [-0.1, -0.05) is 38.5 Å². The lowest BCUT2D eigenvalue weighted by molar-refractivity contribution is 0.335. The summed E-state index contributed by atoms with van der Waals surface area (Å²) in [6.45, 7) is 6.89. The van der Waals surface area contributed by atoms with E-state index in [1.54, 1.807) is 0 Å². The fourth-order valence-corrected chi connectivity index (χ4v) is 4.13. The predicted molar refractivity (Wildman–Crippen MR) is 82.3 cm³/mol. The Morgan fingerprint density at radius 2 is 2.00 bits per heavy atom. The van der Waals surface area contributed by atoms with E-state index < -0.39 is 0 Å². The fraction of sp³-hybridized carbons (Fsp3) is 0.933. The maximum atomic E-state index is 4.94. The Labute approximate surface area is 116 Å². The Balaban J connectivity index is 1.80. The van der Waals surface area contributed by atoms with E-state index in [0.717, 1.165) is 11.8 Å². The first-order valence-electron chi connectivity index (χ1n) is 7.62. The molecular formula is C15H28N2S. The standard InChI is InChI=1S/C15H28N2S/c1-11(2)8-9-12(3)16-15-17-14-7-5-4-6-13(14)10-18-15/h11-14H,4-10H2,1-3H3,(H,16,17). The minimum Gasteiger partial charge on any atom is -0.362 e. The minimum atomic E-state index is 0.568. The van der Waals surface area contributed by atoms with Crippen molar-refractivity contribution in [2.45, 2.75) is 71.4 Å². The second-order valence-electron chi connectivity index (χ2n) is 6.37. The van der Waals surface area contributed by atoms with Crippen LogP contribution in [-0.4, -0.2) is 23.0 Å². The van der Waals surface area contributed by atoms with Crippen LogP contribution < -0.4 is 5.32 Å². The number of nitrogens with one attached hydrogen (secondary N) is 1. The Kier molecular flexibility index (Phi) is 5.40. The number of amidine groups is 1. The zero-order chi connectivity index (χ0) is 13.0. The SMILES string of the molecule is CC(C)CCC(C)NC1=NC2CCCCC2CS1. The number of rotatable bonds is 4. The van der Waals surface area contributed by atoms with Gasteiger partial charge >= 0.3 is 0 Å². The van der Waals surface area contributed by atoms with Crippen molar-refractivity contribution < 1.29 is 0 Å². The van der Waals surface area contributed by atoms with Crippen LogP contribution in [0.2, 0.25) is 0 Å². The van der Waals surface area contributed by atoms with Crippen molar-refractivity contribution in [3.8, 4) is 0 Å². The van der Waals surface area contributed by atoms with Crippen molar-refractivity contribution >= 4 is 16.9 Å². The fourth-order valence-electron chi connectivity index (χ4n) is 2.87. The molecule has 1 aliphatic carbocycles. The molecule has 1 aliphatic heterocycles. The van der Waals surface area contributed by atoms with E-state index in [-0.39, 0.29) is 0 Å². The van der Waals surface area contributed by atoms with Crippen LogP contribution in [0.3, 0.4) is 0 Å². The molecule has 2 rings (SSSR count). The Bertz CT molecular complexity index is 288. The van der Waals surface area contributed by atoms with Gasteiger partial charge in [-0.2, -0.15) is 0 Å². The summed E-state index contributed by atoms with van der Waals surface area (Å²) < 4.78 is 0. The van der Waals surface area contributed by atoms with Gasteiger partial charge in [0.25, 0.3) is 0 Å². The molecule has 0 radical (unpaired) electrons. The third-order valence-corrected chi connectivity index (χ3v) is 5.22. The first kappa shape index (κ1) is 14.2. The molecule has 1 fully saturated rings. The van der Waals surface area contributed by atoms with Gasteiger partial charge in [0.1, 0.15) is 0 Å². The van der Waals surface area contributed by atoms with Crippen molar-refractivity contribution in [3.05, 3.63) is 0 Å². The molecule has 0 aromatic carbocycles. The zero-order valence-corrected chi connectivity index (χ0v) is 12.9. The number of thioether (sulfide) groups is 1. The van der Waals surface area contributed by atoms with E-state index in [9.17, 15) is 0 Å². The van der Waals surface area contributed by atoms with Crippen LogP contribution in [0.5, 0.6) is 0 Å². The highest BCUT2D eigenvalue weighted by Crippen LogP contribution is 2.33. The molecule has 104 valence electrons. The van der Waals surface area contributed by atoms with Gasteiger partial charge in [0.2, 0.25) is 0 Å². The number of aliphatic imine (C=N–C) groups is 1. The van der Waals surface area contributed by atoms with E-state index in [2.05, 4.69) is 26.1 Å². The van der Waals surface area contributed by atoms with Gasteiger partial charge in [-0.3, -0.25) is 4.99 Å². The third-order valence-electron chi connectivity index (χ3n) is 4.13. The molecule has 0 aromatic rings. The summed E-state index contributed by atoms with van der Waals surface area (Å²) >= 11 is 1.95. The van der Waals surface area contributed by atoms with Gasteiger partial charge in [0, 0.05) is 11.8 Å². The van der Waals surface area contributed by atoms with Crippen molar-refractivity contribution in [2.75, 3.05) is 5.75 Å². The van der Waals surface area contributed by atoms with Gasteiger partial charge in [-0.25, -0.2) is 0 Å². The summed E-state index contributed by atoms with van der Waals surface area (Å²) in [6.07, 6.45) is 8.08. The van der Waals surface area contributed by atoms with Gasteiger partial charge in [0.15, 0.2) is 5.17 Å². The molecule has 1 N–H and O–H groups in total. The highest BCUT2D eigenvalue weighted by molar-refractivity contribution is 8.13. The van der Waals surface area contributed by atoms with Crippen LogP contribution in [0.15, 0.2) is 4.99 Å². The van der Waals surface area contributed by atoms with E-state index in [1.807, 2.05) is 11.8 Å². The first-order valence-corrected chi connectivity index (χ1v) is 8.61. The van der Waals surface area contributed by atoms with Crippen LogP contribution in [0.4, 0.5) is 0 Å². The van der Waals surface area contributed by atoms with Crippen molar-refractivity contribution in [3.63, 3.8) is 0 Å². The monoisotopic (exact) mass is 268 g/mol. The molecule has 0 spiro atoms.